The molecule has 0 aliphatic rings. The lowest BCUT2D eigenvalue weighted by molar-refractivity contribution is -0.167. The molecular formula is C38H35F5N2O10S. The summed E-state index contributed by atoms with van der Waals surface area (Å²) >= 11 is 0.937. The Kier molecular flexibility index (Phi) is 14.3. The molecular weight excluding hydrogens is 771 g/mol. The van der Waals surface area contributed by atoms with E-state index in [1.165, 1.54) is 69.8 Å². The number of likely N-dealkylation sites (N-methyl/N-ethyl adjacent to an activating group) is 1. The Morgan fingerprint density at radius 3 is 2.07 bits per heavy atom. The van der Waals surface area contributed by atoms with E-state index in [1.807, 2.05) is 0 Å². The first-order chi connectivity index (χ1) is 26.6. The zero-order valence-corrected chi connectivity index (χ0v) is 31.1. The van der Waals surface area contributed by atoms with E-state index in [1.54, 1.807) is 0 Å². The van der Waals surface area contributed by atoms with Crippen molar-refractivity contribution in [1.82, 2.24) is 4.90 Å². The highest BCUT2D eigenvalue weighted by Crippen LogP contribution is 2.36. The fraction of sp³-hybridized carbons (Fsp3) is 0.289. The van der Waals surface area contributed by atoms with Crippen LogP contribution in [0.1, 0.15) is 45.0 Å². The number of carbonyl (C=O) groups excluding carboxylic acids is 5. The van der Waals surface area contributed by atoms with Crippen LogP contribution in [-0.2, 0) is 40.1 Å². The topological polar surface area (TPSA) is 147 Å². The van der Waals surface area contributed by atoms with E-state index in [0.717, 1.165) is 40.5 Å². The maximum Gasteiger partial charge on any atom is 0.514 e. The van der Waals surface area contributed by atoms with E-state index in [2.05, 4.69) is 5.32 Å². The molecule has 0 atom stereocenters. The van der Waals surface area contributed by atoms with Crippen molar-refractivity contribution in [3.8, 4) is 16.9 Å². The molecule has 4 rings (SSSR count). The van der Waals surface area contributed by atoms with E-state index in [-0.39, 0.29) is 47.9 Å². The number of nitrogens with one attached hydrogen (secondary N) is 1. The van der Waals surface area contributed by atoms with Gasteiger partial charge in [-0.3, -0.25) is 19.2 Å². The van der Waals surface area contributed by atoms with Crippen LogP contribution < -0.4 is 10.1 Å². The summed E-state index contributed by atoms with van der Waals surface area (Å²) in [6.45, 7) is 1.39. The summed E-state index contributed by atoms with van der Waals surface area (Å²) in [6, 6.07) is 13.0. The number of esters is 2. The van der Waals surface area contributed by atoms with Gasteiger partial charge in [0.2, 0.25) is 11.2 Å². The molecule has 1 N–H and O–H groups in total. The van der Waals surface area contributed by atoms with Crippen molar-refractivity contribution in [2.75, 3.05) is 52.4 Å². The molecule has 18 heteroatoms. The van der Waals surface area contributed by atoms with Crippen molar-refractivity contribution in [3.05, 3.63) is 105 Å². The molecule has 3 aromatic carbocycles. The number of amides is 2. The largest absolute Gasteiger partial charge is 0.514 e. The minimum Gasteiger partial charge on any atom is -0.465 e. The molecule has 0 saturated carbocycles. The van der Waals surface area contributed by atoms with Gasteiger partial charge in [0.15, 0.2) is 11.6 Å². The summed E-state index contributed by atoms with van der Waals surface area (Å²) in [4.78, 5) is 67.7. The Morgan fingerprint density at radius 1 is 0.857 bits per heavy atom. The highest BCUT2D eigenvalue weighted by Gasteiger charge is 2.53. The van der Waals surface area contributed by atoms with Crippen LogP contribution in [0.25, 0.3) is 11.1 Å². The van der Waals surface area contributed by atoms with Crippen LogP contribution in [0.5, 0.6) is 5.75 Å². The van der Waals surface area contributed by atoms with Gasteiger partial charge in [-0.1, -0.05) is 36.4 Å². The average molecular weight is 807 g/mol. The van der Waals surface area contributed by atoms with Gasteiger partial charge in [-0.25, -0.2) is 13.6 Å². The quantitative estimate of drug-likeness (QED) is 0.0428. The molecule has 0 bridgehead atoms. The number of carbonyl (C=O) groups is 5. The van der Waals surface area contributed by atoms with Gasteiger partial charge in [-0.15, -0.1) is 11.3 Å². The summed E-state index contributed by atoms with van der Waals surface area (Å²) < 4.78 is 96.7. The number of benzene rings is 3. The third-order valence-electron chi connectivity index (χ3n) is 8.09. The van der Waals surface area contributed by atoms with Crippen LogP contribution in [0.2, 0.25) is 0 Å². The van der Waals surface area contributed by atoms with Crippen molar-refractivity contribution in [1.29, 1.82) is 0 Å². The van der Waals surface area contributed by atoms with Gasteiger partial charge < -0.3 is 33.9 Å². The van der Waals surface area contributed by atoms with Crippen molar-refractivity contribution in [3.63, 3.8) is 0 Å². The summed E-state index contributed by atoms with van der Waals surface area (Å²) in [5.41, 5.74) is -4.72. The molecule has 4 aromatic rings. The predicted molar refractivity (Wildman–Crippen MR) is 191 cm³/mol. The van der Waals surface area contributed by atoms with Crippen LogP contribution in [0.3, 0.4) is 0 Å². The molecule has 2 amide bonds. The fourth-order valence-electron chi connectivity index (χ4n) is 5.27. The Balaban J connectivity index is 1.71. The monoisotopic (exact) mass is 806 g/mol. The van der Waals surface area contributed by atoms with Gasteiger partial charge in [0.1, 0.15) is 12.2 Å². The molecule has 0 spiro atoms. The number of hydrogen-bond acceptors (Lipinski definition) is 11. The number of rotatable bonds is 15. The van der Waals surface area contributed by atoms with Crippen molar-refractivity contribution in [2.45, 2.75) is 25.4 Å². The van der Waals surface area contributed by atoms with Gasteiger partial charge in [0.25, 0.3) is 11.8 Å². The average Bonchev–Trinajstić information content (AvgIpc) is 3.71. The first kappa shape index (κ1) is 42.9. The Bertz CT molecular complexity index is 2040. The van der Waals surface area contributed by atoms with Gasteiger partial charge in [-0.2, -0.15) is 13.2 Å². The molecule has 0 radical (unpaired) electrons. The summed E-state index contributed by atoms with van der Waals surface area (Å²) in [5.74, 6) is -9.19. The summed E-state index contributed by atoms with van der Waals surface area (Å²) in [5, 5.41) is 3.81. The molecule has 0 aliphatic carbocycles. The molecule has 298 valence electrons. The molecule has 1 aromatic heterocycles. The molecule has 56 heavy (non-hydrogen) atoms. The highest BCUT2D eigenvalue weighted by atomic mass is 32.1. The van der Waals surface area contributed by atoms with Crippen LogP contribution in [0.4, 0.5) is 32.4 Å². The minimum absolute atomic E-state index is 0.0180. The van der Waals surface area contributed by atoms with Crippen LogP contribution in [-0.4, -0.2) is 81.9 Å². The van der Waals surface area contributed by atoms with E-state index in [4.69, 9.17) is 23.7 Å². The van der Waals surface area contributed by atoms with Crippen molar-refractivity contribution < 1.29 is 69.6 Å². The Morgan fingerprint density at radius 2 is 1.50 bits per heavy atom. The van der Waals surface area contributed by atoms with Gasteiger partial charge in [-0.05, 0) is 54.6 Å². The first-order valence-corrected chi connectivity index (χ1v) is 17.6. The van der Waals surface area contributed by atoms with Crippen molar-refractivity contribution >= 4 is 46.9 Å². The zero-order chi connectivity index (χ0) is 41.2. The summed E-state index contributed by atoms with van der Waals surface area (Å²) in [6.07, 6.45) is -6.42. The highest BCUT2D eigenvalue weighted by molar-refractivity contribution is 7.10. The lowest BCUT2D eigenvalue weighted by Crippen LogP contribution is -2.50. The molecule has 0 fully saturated rings. The normalized spacial score (nSPS) is 11.4. The Labute approximate surface area is 321 Å². The number of methoxy groups -OCH3 is 1. The Hall–Kier alpha value is -5.88. The lowest BCUT2D eigenvalue weighted by Gasteiger charge is -2.27. The number of anilines is 1. The third kappa shape index (κ3) is 9.49. The van der Waals surface area contributed by atoms with Gasteiger partial charge in [0, 0.05) is 37.2 Å². The number of alkyl halides is 3. The second-order valence-corrected chi connectivity index (χ2v) is 12.6. The lowest BCUT2D eigenvalue weighted by atomic mass is 9.87. The summed E-state index contributed by atoms with van der Waals surface area (Å²) in [7, 11) is 2.59. The van der Waals surface area contributed by atoms with Crippen LogP contribution >= 0.6 is 11.3 Å². The van der Waals surface area contributed by atoms with Gasteiger partial charge >= 0.3 is 24.3 Å². The molecule has 0 unspecified atom stereocenters. The fourth-order valence-corrected chi connectivity index (χ4v) is 6.16. The maximum atomic E-state index is 16.3. The second-order valence-electron chi connectivity index (χ2n) is 11.7. The zero-order valence-electron chi connectivity index (χ0n) is 30.3. The van der Waals surface area contributed by atoms with E-state index >= 15 is 8.78 Å². The third-order valence-corrected chi connectivity index (χ3v) is 9.12. The number of thiophene rings is 1. The SMILES string of the molecule is CCOC(=O)C(COC(=O)Oc1c(F)cc(NC(=O)c2ccccc2-c2ccc(C(F)(F)F)cc2)c(C(=O)N(C)CCOC)c1F)(C(=O)OCC)c1cccs1. The molecule has 0 saturated heterocycles. The number of ether oxygens (including phenoxy) is 5. The molecule has 0 aliphatic heterocycles. The van der Waals surface area contributed by atoms with Crippen molar-refractivity contribution in [2.24, 2.45) is 0 Å². The van der Waals surface area contributed by atoms with E-state index in [0.29, 0.717) is 6.07 Å². The number of halogens is 5. The van der Waals surface area contributed by atoms with Gasteiger partial charge in [0.05, 0.1) is 31.1 Å². The van der Waals surface area contributed by atoms with E-state index in [9.17, 15) is 37.1 Å². The number of hydrogen-bond donors (Lipinski definition) is 1. The minimum atomic E-state index is -4.62. The second kappa shape index (κ2) is 18.6. The standard InChI is InChI=1S/C38H35F5N2O10S/c1-5-52-34(48)37(35(49)53-6-2,28-12-9-19-56-28)21-54-36(50)55-31-26(39)20-27(29(30(31)40)33(47)45(3)17-18-51-4)44-32(46)25-11-8-7-10-24(25)22-13-15-23(16-14-22)38(41,42)43/h7-16,19-20H,5-6,17-18,21H2,1-4H3,(H,44,46). The first-order valence-electron chi connectivity index (χ1n) is 16.7. The molecule has 1 heterocycles. The smallest absolute Gasteiger partial charge is 0.465 e. The maximum absolute atomic E-state index is 16.3. The predicted octanol–water partition coefficient (Wildman–Crippen LogP) is 7.26. The van der Waals surface area contributed by atoms with Crippen LogP contribution in [0.15, 0.2) is 72.1 Å². The molecule has 12 nitrogen and oxygen atoms in total. The number of nitrogens with zero attached hydrogens (tertiary/aromatic N) is 1. The van der Waals surface area contributed by atoms with Crippen LogP contribution in [0, 0.1) is 11.6 Å². The van der Waals surface area contributed by atoms with E-state index < -0.39 is 82.3 Å².